The molecule has 39 heavy (non-hydrogen) atoms. The zero-order valence-corrected chi connectivity index (χ0v) is 25.5. The molecule has 0 spiro atoms. The predicted octanol–water partition coefficient (Wildman–Crippen LogP) is 11.6. The van der Waals surface area contributed by atoms with E-state index in [-0.39, 0.29) is 0 Å². The molecule has 4 heteroatoms. The Kier molecular flexibility index (Phi) is 17.8. The first-order chi connectivity index (χ1) is 19.0. The van der Waals surface area contributed by atoms with E-state index in [0.29, 0.717) is 18.0 Å². The van der Waals surface area contributed by atoms with Gasteiger partial charge in [-0.15, -0.1) is 0 Å². The maximum absolute atomic E-state index is 15.0. The van der Waals surface area contributed by atoms with Crippen molar-refractivity contribution < 1.29 is 9.13 Å². The van der Waals surface area contributed by atoms with Crippen LogP contribution in [0.4, 0.5) is 4.39 Å². The summed E-state index contributed by atoms with van der Waals surface area (Å²) < 4.78 is 20.6. The molecule has 1 heterocycles. The molecule has 1 unspecified atom stereocenters. The van der Waals surface area contributed by atoms with Crippen molar-refractivity contribution in [2.45, 2.75) is 161 Å². The fourth-order valence-corrected chi connectivity index (χ4v) is 5.17. The Balaban J connectivity index is 1.61. The second-order valence-electron chi connectivity index (χ2n) is 11.7. The molecule has 0 radical (unpaired) electrons. The van der Waals surface area contributed by atoms with Crippen LogP contribution in [0.5, 0.6) is 5.75 Å². The molecule has 0 bridgehead atoms. The lowest BCUT2D eigenvalue weighted by molar-refractivity contribution is -0.0530. The SMILES string of the molecule is CCCCCCCCCCCCc1cnc(-c2ccc(OC(C)(F)CCCCCCCCCCC)cc2)nc1. The van der Waals surface area contributed by atoms with Gasteiger partial charge in [-0.05, 0) is 49.1 Å². The van der Waals surface area contributed by atoms with Crippen molar-refractivity contribution in [1.29, 1.82) is 0 Å². The third-order valence-corrected chi connectivity index (χ3v) is 7.69. The van der Waals surface area contributed by atoms with Gasteiger partial charge in [-0.2, -0.15) is 4.39 Å². The average Bonchev–Trinajstić information content (AvgIpc) is 2.94. The van der Waals surface area contributed by atoms with Gasteiger partial charge in [0.1, 0.15) is 5.75 Å². The summed E-state index contributed by atoms with van der Waals surface area (Å²) in [5.41, 5.74) is 2.12. The Bertz CT molecular complexity index is 835. The quantitative estimate of drug-likeness (QED) is 0.124. The van der Waals surface area contributed by atoms with E-state index in [4.69, 9.17) is 4.74 Å². The Morgan fingerprint density at radius 3 is 1.54 bits per heavy atom. The van der Waals surface area contributed by atoms with Crippen LogP contribution in [0.2, 0.25) is 0 Å². The fraction of sp³-hybridized carbons (Fsp3) is 0.714. The van der Waals surface area contributed by atoms with Crippen molar-refractivity contribution in [3.05, 3.63) is 42.2 Å². The van der Waals surface area contributed by atoms with Crippen LogP contribution < -0.4 is 4.74 Å². The molecular formula is C35H57FN2O. The van der Waals surface area contributed by atoms with E-state index in [2.05, 4.69) is 23.8 Å². The summed E-state index contributed by atoms with van der Waals surface area (Å²) in [6.45, 7) is 6.06. The van der Waals surface area contributed by atoms with Gasteiger partial charge < -0.3 is 4.74 Å². The molecule has 0 aliphatic rings. The van der Waals surface area contributed by atoms with Crippen molar-refractivity contribution in [2.24, 2.45) is 0 Å². The Morgan fingerprint density at radius 2 is 1.05 bits per heavy atom. The lowest BCUT2D eigenvalue weighted by Gasteiger charge is -2.22. The maximum Gasteiger partial charge on any atom is 0.245 e. The monoisotopic (exact) mass is 540 g/mol. The molecule has 0 N–H and O–H groups in total. The molecule has 0 amide bonds. The van der Waals surface area contributed by atoms with Crippen molar-refractivity contribution in [1.82, 2.24) is 9.97 Å². The highest BCUT2D eigenvalue weighted by Gasteiger charge is 2.24. The molecule has 0 saturated carbocycles. The van der Waals surface area contributed by atoms with Gasteiger partial charge in [-0.1, -0.05) is 123 Å². The van der Waals surface area contributed by atoms with Gasteiger partial charge in [0.2, 0.25) is 5.85 Å². The molecule has 0 aliphatic heterocycles. The normalized spacial score (nSPS) is 12.9. The van der Waals surface area contributed by atoms with Crippen LogP contribution in [-0.4, -0.2) is 15.8 Å². The average molecular weight is 541 g/mol. The third kappa shape index (κ3) is 16.0. The molecule has 2 aromatic rings. The number of unbranched alkanes of at least 4 members (excludes halogenated alkanes) is 17. The number of benzene rings is 1. The van der Waals surface area contributed by atoms with E-state index in [1.807, 2.05) is 36.7 Å². The number of aromatic nitrogens is 2. The number of hydrogen-bond donors (Lipinski definition) is 0. The Labute approximate surface area is 239 Å². The first kappa shape index (κ1) is 33.2. The minimum absolute atomic E-state index is 0.425. The summed E-state index contributed by atoms with van der Waals surface area (Å²) in [6.07, 6.45) is 29.9. The van der Waals surface area contributed by atoms with E-state index >= 15 is 0 Å². The Hall–Kier alpha value is -1.97. The molecule has 0 aliphatic carbocycles. The van der Waals surface area contributed by atoms with Gasteiger partial charge in [0.25, 0.3) is 0 Å². The molecular weight excluding hydrogens is 483 g/mol. The second-order valence-corrected chi connectivity index (χ2v) is 11.7. The maximum atomic E-state index is 15.0. The molecule has 220 valence electrons. The molecule has 0 saturated heterocycles. The van der Waals surface area contributed by atoms with Crippen molar-refractivity contribution in [2.75, 3.05) is 0 Å². The highest BCUT2D eigenvalue weighted by molar-refractivity contribution is 5.55. The minimum Gasteiger partial charge on any atom is -0.458 e. The van der Waals surface area contributed by atoms with E-state index in [1.165, 1.54) is 115 Å². The number of hydrogen-bond acceptors (Lipinski definition) is 3. The number of aryl methyl sites for hydroxylation is 1. The lowest BCUT2D eigenvalue weighted by Crippen LogP contribution is -2.26. The van der Waals surface area contributed by atoms with Crippen LogP contribution in [0.3, 0.4) is 0 Å². The van der Waals surface area contributed by atoms with Crippen LogP contribution in [0, 0.1) is 0 Å². The zero-order valence-electron chi connectivity index (χ0n) is 25.5. The summed E-state index contributed by atoms with van der Waals surface area (Å²) in [6, 6.07) is 7.48. The van der Waals surface area contributed by atoms with Crippen molar-refractivity contribution in [3.63, 3.8) is 0 Å². The lowest BCUT2D eigenvalue weighted by atomic mass is 10.0. The molecule has 2 rings (SSSR count). The minimum atomic E-state index is -1.64. The van der Waals surface area contributed by atoms with Crippen LogP contribution in [0.15, 0.2) is 36.7 Å². The van der Waals surface area contributed by atoms with Gasteiger partial charge >= 0.3 is 0 Å². The van der Waals surface area contributed by atoms with Crippen LogP contribution in [-0.2, 0) is 6.42 Å². The van der Waals surface area contributed by atoms with Gasteiger partial charge in [-0.3, -0.25) is 0 Å². The van der Waals surface area contributed by atoms with E-state index in [0.717, 1.165) is 24.8 Å². The Morgan fingerprint density at radius 1 is 0.615 bits per heavy atom. The highest BCUT2D eigenvalue weighted by Crippen LogP contribution is 2.27. The van der Waals surface area contributed by atoms with Crippen LogP contribution >= 0.6 is 0 Å². The van der Waals surface area contributed by atoms with Gasteiger partial charge in [0, 0.05) is 31.3 Å². The van der Waals surface area contributed by atoms with Crippen LogP contribution in [0.25, 0.3) is 11.4 Å². The predicted molar refractivity (Wildman–Crippen MR) is 165 cm³/mol. The first-order valence-electron chi connectivity index (χ1n) is 16.3. The summed E-state index contributed by atoms with van der Waals surface area (Å²) >= 11 is 0. The fourth-order valence-electron chi connectivity index (χ4n) is 5.17. The standard InChI is InChI=1S/C35H57FN2O/c1-4-6-8-10-12-14-15-17-19-21-23-31-29-37-34(38-30-31)32-24-26-33(27-25-32)39-35(3,36)28-22-20-18-16-13-11-9-7-5-2/h24-27,29-30H,4-23,28H2,1-3H3. The second kappa shape index (κ2) is 20.9. The molecule has 1 aromatic carbocycles. The zero-order chi connectivity index (χ0) is 28.0. The smallest absolute Gasteiger partial charge is 0.245 e. The summed E-state index contributed by atoms with van der Waals surface area (Å²) in [5.74, 6) is -0.390. The van der Waals surface area contributed by atoms with Gasteiger partial charge in [-0.25, -0.2) is 9.97 Å². The van der Waals surface area contributed by atoms with Crippen LogP contribution in [0.1, 0.15) is 155 Å². The van der Waals surface area contributed by atoms with E-state index < -0.39 is 5.85 Å². The highest BCUT2D eigenvalue weighted by atomic mass is 19.2. The van der Waals surface area contributed by atoms with Gasteiger partial charge in [0.15, 0.2) is 5.82 Å². The number of halogens is 1. The summed E-state index contributed by atoms with van der Waals surface area (Å²) in [5, 5.41) is 0. The number of ether oxygens (including phenoxy) is 1. The molecule has 1 aromatic heterocycles. The summed E-state index contributed by atoms with van der Waals surface area (Å²) in [4.78, 5) is 9.15. The van der Waals surface area contributed by atoms with E-state index in [1.54, 1.807) is 6.92 Å². The molecule has 1 atom stereocenters. The number of rotatable bonds is 24. The number of nitrogens with zero attached hydrogens (tertiary/aromatic N) is 2. The number of alkyl halides is 1. The molecule has 3 nitrogen and oxygen atoms in total. The molecule has 0 fully saturated rings. The largest absolute Gasteiger partial charge is 0.458 e. The van der Waals surface area contributed by atoms with Crippen molar-refractivity contribution >= 4 is 0 Å². The third-order valence-electron chi connectivity index (χ3n) is 7.69. The first-order valence-corrected chi connectivity index (χ1v) is 16.3. The van der Waals surface area contributed by atoms with Crippen molar-refractivity contribution in [3.8, 4) is 17.1 Å². The van der Waals surface area contributed by atoms with E-state index in [9.17, 15) is 4.39 Å². The van der Waals surface area contributed by atoms with Gasteiger partial charge in [0.05, 0.1) is 0 Å². The topological polar surface area (TPSA) is 35.0 Å². The summed E-state index contributed by atoms with van der Waals surface area (Å²) in [7, 11) is 0.